The predicted molar refractivity (Wildman–Crippen MR) is 95.4 cm³/mol. The molecule has 1 aromatic carbocycles. The zero-order chi connectivity index (χ0) is 16.4. The van der Waals surface area contributed by atoms with Gasteiger partial charge in [0.15, 0.2) is 10.9 Å². The molecule has 4 rings (SSSR count). The van der Waals surface area contributed by atoms with E-state index in [1.807, 2.05) is 29.6 Å². The molecular formula is C18H19N3O2S. The molecule has 3 aromatic rings. The molecule has 1 N–H and O–H groups in total. The fourth-order valence-electron chi connectivity index (χ4n) is 3.04. The summed E-state index contributed by atoms with van der Waals surface area (Å²) in [7, 11) is 0. The van der Waals surface area contributed by atoms with E-state index in [0.717, 1.165) is 30.7 Å². The number of carbonyl (C=O) groups excluding carboxylic acids is 1. The first-order chi connectivity index (χ1) is 11.8. The molecule has 0 aliphatic carbocycles. The van der Waals surface area contributed by atoms with E-state index in [0.29, 0.717) is 16.5 Å². The molecule has 24 heavy (non-hydrogen) atoms. The number of amides is 1. The van der Waals surface area contributed by atoms with E-state index in [1.165, 1.54) is 30.6 Å². The van der Waals surface area contributed by atoms with E-state index in [2.05, 4.69) is 15.2 Å². The molecule has 1 aliphatic heterocycles. The van der Waals surface area contributed by atoms with Gasteiger partial charge in [-0.3, -0.25) is 15.0 Å². The number of furan rings is 1. The number of anilines is 1. The van der Waals surface area contributed by atoms with Crippen molar-refractivity contribution in [3.8, 4) is 0 Å². The van der Waals surface area contributed by atoms with E-state index in [1.54, 1.807) is 6.07 Å². The molecule has 6 heteroatoms. The molecular weight excluding hydrogens is 322 g/mol. The smallest absolute Gasteiger partial charge is 0.293 e. The molecule has 124 valence electrons. The number of para-hydroxylation sites is 1. The molecule has 3 heterocycles. The molecule has 0 atom stereocenters. The lowest BCUT2D eigenvalue weighted by Crippen LogP contribution is -2.29. The lowest BCUT2D eigenvalue weighted by molar-refractivity contribution is 0.0998. The molecule has 1 fully saturated rings. The second kappa shape index (κ2) is 6.75. The summed E-state index contributed by atoms with van der Waals surface area (Å²) in [5, 5.41) is 6.39. The van der Waals surface area contributed by atoms with Crippen molar-refractivity contribution in [2.24, 2.45) is 0 Å². The van der Waals surface area contributed by atoms with E-state index in [-0.39, 0.29) is 5.91 Å². The zero-order valence-corrected chi connectivity index (χ0v) is 14.1. The highest BCUT2D eigenvalue weighted by atomic mass is 32.1. The molecule has 0 saturated carbocycles. The van der Waals surface area contributed by atoms with Crippen LogP contribution in [0.15, 0.2) is 40.1 Å². The number of fused-ring (bicyclic) bond motifs is 1. The fourth-order valence-corrected chi connectivity index (χ4v) is 3.73. The van der Waals surface area contributed by atoms with Crippen LogP contribution in [-0.2, 0) is 6.54 Å². The van der Waals surface area contributed by atoms with Crippen LogP contribution in [0, 0.1) is 0 Å². The standard InChI is InChI=1S/C18H19N3O2S/c22-17(16-10-13-6-2-3-7-15(13)23-16)20-18-19-14(12-24-18)11-21-8-4-1-5-9-21/h2-3,6-7,10,12H,1,4-5,8-9,11H2,(H,19,20,22). The van der Waals surface area contributed by atoms with Gasteiger partial charge >= 0.3 is 0 Å². The zero-order valence-electron chi connectivity index (χ0n) is 13.3. The van der Waals surface area contributed by atoms with Gasteiger partial charge in [-0.2, -0.15) is 0 Å². The number of nitrogens with zero attached hydrogens (tertiary/aromatic N) is 2. The van der Waals surface area contributed by atoms with Crippen LogP contribution in [0.1, 0.15) is 35.5 Å². The first kappa shape index (κ1) is 15.4. The summed E-state index contributed by atoms with van der Waals surface area (Å²) in [6, 6.07) is 9.35. The Morgan fingerprint density at radius 2 is 2.08 bits per heavy atom. The Kier molecular flexibility index (Phi) is 4.32. The van der Waals surface area contributed by atoms with Crippen molar-refractivity contribution in [2.75, 3.05) is 18.4 Å². The Morgan fingerprint density at radius 1 is 1.25 bits per heavy atom. The Morgan fingerprint density at radius 3 is 2.92 bits per heavy atom. The first-order valence-corrected chi connectivity index (χ1v) is 9.12. The Bertz CT molecular complexity index is 816. The van der Waals surface area contributed by atoms with Crippen molar-refractivity contribution in [2.45, 2.75) is 25.8 Å². The third-order valence-corrected chi connectivity index (χ3v) is 5.06. The van der Waals surface area contributed by atoms with Crippen LogP contribution in [0.3, 0.4) is 0 Å². The SMILES string of the molecule is O=C(Nc1nc(CN2CCCCC2)cs1)c1cc2ccccc2o1. The molecule has 0 unspecified atom stereocenters. The maximum atomic E-state index is 12.3. The fraction of sp³-hybridized carbons (Fsp3) is 0.333. The Balaban J connectivity index is 1.42. The average molecular weight is 341 g/mol. The van der Waals surface area contributed by atoms with Crippen LogP contribution in [0.5, 0.6) is 0 Å². The van der Waals surface area contributed by atoms with E-state index in [4.69, 9.17) is 4.42 Å². The number of benzene rings is 1. The topological polar surface area (TPSA) is 58.4 Å². The Hall–Kier alpha value is -2.18. The van der Waals surface area contributed by atoms with Gasteiger partial charge in [-0.05, 0) is 38.1 Å². The molecule has 1 amide bonds. The van der Waals surface area contributed by atoms with Gasteiger partial charge < -0.3 is 4.42 Å². The number of thiazole rings is 1. The molecule has 0 bridgehead atoms. The predicted octanol–water partition coefficient (Wildman–Crippen LogP) is 4.13. The molecule has 5 nitrogen and oxygen atoms in total. The minimum Gasteiger partial charge on any atom is -0.451 e. The lowest BCUT2D eigenvalue weighted by atomic mass is 10.1. The number of nitrogens with one attached hydrogen (secondary N) is 1. The number of rotatable bonds is 4. The maximum absolute atomic E-state index is 12.3. The molecule has 2 aromatic heterocycles. The minimum absolute atomic E-state index is 0.259. The van der Waals surface area contributed by atoms with E-state index in [9.17, 15) is 4.79 Å². The van der Waals surface area contributed by atoms with Gasteiger partial charge in [0.05, 0.1) is 5.69 Å². The third kappa shape index (κ3) is 3.34. The van der Waals surface area contributed by atoms with Gasteiger partial charge in [0.25, 0.3) is 5.91 Å². The summed E-state index contributed by atoms with van der Waals surface area (Å²) < 4.78 is 5.59. The van der Waals surface area contributed by atoms with Gasteiger partial charge in [0.1, 0.15) is 5.58 Å². The number of aromatic nitrogens is 1. The highest BCUT2D eigenvalue weighted by Gasteiger charge is 2.16. The molecule has 0 spiro atoms. The molecule has 1 saturated heterocycles. The van der Waals surface area contributed by atoms with Crippen molar-refractivity contribution >= 4 is 33.3 Å². The second-order valence-electron chi connectivity index (χ2n) is 6.08. The van der Waals surface area contributed by atoms with Crippen LogP contribution >= 0.6 is 11.3 Å². The van der Waals surface area contributed by atoms with Crippen molar-refractivity contribution in [1.82, 2.24) is 9.88 Å². The van der Waals surface area contributed by atoms with Crippen molar-refractivity contribution in [1.29, 1.82) is 0 Å². The summed E-state index contributed by atoms with van der Waals surface area (Å²) in [6.07, 6.45) is 3.85. The molecule has 1 aliphatic rings. The van der Waals surface area contributed by atoms with Crippen molar-refractivity contribution < 1.29 is 9.21 Å². The van der Waals surface area contributed by atoms with Crippen molar-refractivity contribution in [3.05, 3.63) is 47.2 Å². The Labute approximate surface area is 144 Å². The maximum Gasteiger partial charge on any atom is 0.293 e. The van der Waals surface area contributed by atoms with Gasteiger partial charge in [-0.15, -0.1) is 11.3 Å². The van der Waals surface area contributed by atoms with Crippen LogP contribution in [0.2, 0.25) is 0 Å². The second-order valence-corrected chi connectivity index (χ2v) is 6.94. The number of likely N-dealkylation sites (tertiary alicyclic amines) is 1. The number of piperidine rings is 1. The van der Waals surface area contributed by atoms with E-state index >= 15 is 0 Å². The number of hydrogen-bond donors (Lipinski definition) is 1. The summed E-state index contributed by atoms with van der Waals surface area (Å²) in [5.74, 6) is 0.0500. The lowest BCUT2D eigenvalue weighted by Gasteiger charge is -2.25. The summed E-state index contributed by atoms with van der Waals surface area (Å²) in [6.45, 7) is 3.13. The van der Waals surface area contributed by atoms with Gasteiger partial charge in [0.2, 0.25) is 0 Å². The minimum atomic E-state index is -0.259. The largest absolute Gasteiger partial charge is 0.451 e. The monoisotopic (exact) mass is 341 g/mol. The van der Waals surface area contributed by atoms with Crippen LogP contribution in [-0.4, -0.2) is 28.9 Å². The summed E-state index contributed by atoms with van der Waals surface area (Å²) in [5.41, 5.74) is 1.73. The average Bonchev–Trinajstić information content (AvgIpc) is 3.22. The highest BCUT2D eigenvalue weighted by molar-refractivity contribution is 7.13. The van der Waals surface area contributed by atoms with Crippen LogP contribution < -0.4 is 5.32 Å². The normalized spacial score (nSPS) is 15.7. The van der Waals surface area contributed by atoms with E-state index < -0.39 is 0 Å². The number of carbonyl (C=O) groups is 1. The van der Waals surface area contributed by atoms with Crippen LogP contribution in [0.4, 0.5) is 5.13 Å². The number of hydrogen-bond acceptors (Lipinski definition) is 5. The third-order valence-electron chi connectivity index (χ3n) is 4.26. The van der Waals surface area contributed by atoms with Crippen molar-refractivity contribution in [3.63, 3.8) is 0 Å². The quantitative estimate of drug-likeness (QED) is 0.775. The van der Waals surface area contributed by atoms with Gasteiger partial charge in [-0.1, -0.05) is 24.6 Å². The van der Waals surface area contributed by atoms with Crippen LogP contribution in [0.25, 0.3) is 11.0 Å². The van der Waals surface area contributed by atoms with Gasteiger partial charge in [-0.25, -0.2) is 4.98 Å². The summed E-state index contributed by atoms with van der Waals surface area (Å²) >= 11 is 1.46. The first-order valence-electron chi connectivity index (χ1n) is 8.25. The molecule has 0 radical (unpaired) electrons. The highest BCUT2D eigenvalue weighted by Crippen LogP contribution is 2.22. The van der Waals surface area contributed by atoms with Gasteiger partial charge in [0, 0.05) is 17.3 Å². The summed E-state index contributed by atoms with van der Waals surface area (Å²) in [4.78, 5) is 19.3.